The molecular weight excluding hydrogens is 372 g/mol. The second kappa shape index (κ2) is 12.6. The molecule has 3 N–H and O–H groups in total. The Labute approximate surface area is 163 Å². The molecule has 1 aromatic carbocycles. The largest absolute Gasteiger partial charge is 0.480 e. The van der Waals surface area contributed by atoms with Gasteiger partial charge in [-0.3, -0.25) is 9.59 Å². The Kier molecular flexibility index (Phi) is 10.9. The first-order valence-electron chi connectivity index (χ1n) is 8.44. The molecular formula is C18H26N2O4S2. The molecule has 0 heterocycles. The monoisotopic (exact) mass is 398 g/mol. The number of carbonyl (C=O) groups is 3. The molecule has 26 heavy (non-hydrogen) atoms. The lowest BCUT2D eigenvalue weighted by Crippen LogP contribution is -2.52. The number of benzene rings is 1. The van der Waals surface area contributed by atoms with Gasteiger partial charge < -0.3 is 15.7 Å². The number of hydrogen-bond donors (Lipinski definition) is 4. The van der Waals surface area contributed by atoms with Crippen LogP contribution in [0.3, 0.4) is 0 Å². The molecule has 0 unspecified atom stereocenters. The van der Waals surface area contributed by atoms with Gasteiger partial charge in [-0.1, -0.05) is 30.3 Å². The first kappa shape index (κ1) is 22.4. The summed E-state index contributed by atoms with van der Waals surface area (Å²) in [5, 5.41) is 14.4. The Morgan fingerprint density at radius 1 is 1.12 bits per heavy atom. The van der Waals surface area contributed by atoms with E-state index in [1.165, 1.54) is 0 Å². The van der Waals surface area contributed by atoms with Crippen molar-refractivity contribution >= 4 is 42.2 Å². The third-order valence-electron chi connectivity index (χ3n) is 3.78. The van der Waals surface area contributed by atoms with E-state index >= 15 is 0 Å². The smallest absolute Gasteiger partial charge is 0.326 e. The van der Waals surface area contributed by atoms with Gasteiger partial charge in [-0.15, -0.1) is 0 Å². The van der Waals surface area contributed by atoms with E-state index in [1.54, 1.807) is 11.8 Å². The summed E-state index contributed by atoms with van der Waals surface area (Å²) < 4.78 is 0. The van der Waals surface area contributed by atoms with Gasteiger partial charge in [-0.05, 0) is 42.6 Å². The summed E-state index contributed by atoms with van der Waals surface area (Å²) in [6, 6.07) is 7.88. The number of thiol groups is 1. The number of aliphatic carboxylic acids is 1. The Hall–Kier alpha value is -1.67. The molecule has 0 aliphatic rings. The molecule has 0 saturated carbocycles. The zero-order valence-electron chi connectivity index (χ0n) is 14.8. The molecule has 2 atom stereocenters. The van der Waals surface area contributed by atoms with E-state index in [9.17, 15) is 14.4 Å². The zero-order chi connectivity index (χ0) is 19.4. The molecule has 0 saturated heterocycles. The van der Waals surface area contributed by atoms with Crippen LogP contribution in [0.2, 0.25) is 0 Å². The van der Waals surface area contributed by atoms with Crippen molar-refractivity contribution in [1.82, 2.24) is 10.6 Å². The van der Waals surface area contributed by atoms with Gasteiger partial charge in [0, 0.05) is 6.42 Å². The Bertz CT molecular complexity index is 584. The number of thioether (sulfide) groups is 1. The minimum Gasteiger partial charge on any atom is -0.480 e. The summed E-state index contributed by atoms with van der Waals surface area (Å²) in [7, 11) is 0. The maximum atomic E-state index is 12.4. The number of carboxylic acids is 1. The van der Waals surface area contributed by atoms with Crippen molar-refractivity contribution in [3.8, 4) is 0 Å². The number of carboxylic acid groups (broad SMARTS) is 1. The molecule has 0 spiro atoms. The van der Waals surface area contributed by atoms with E-state index in [4.69, 9.17) is 5.11 Å². The van der Waals surface area contributed by atoms with Gasteiger partial charge in [0.2, 0.25) is 11.8 Å². The van der Waals surface area contributed by atoms with Crippen LogP contribution in [0.25, 0.3) is 0 Å². The van der Waals surface area contributed by atoms with Gasteiger partial charge >= 0.3 is 5.97 Å². The Morgan fingerprint density at radius 3 is 2.38 bits per heavy atom. The maximum absolute atomic E-state index is 12.4. The SMILES string of the molecule is CSCC[C@H](NC(=O)CCc1ccccc1)C(=O)N[C@H](CCS)C(=O)O. The molecule has 6 nitrogen and oxygen atoms in total. The second-order valence-corrected chi connectivity index (χ2v) is 7.23. The lowest BCUT2D eigenvalue weighted by Gasteiger charge is -2.21. The van der Waals surface area contributed by atoms with Gasteiger partial charge in [0.1, 0.15) is 12.1 Å². The van der Waals surface area contributed by atoms with Crippen LogP contribution >= 0.6 is 24.4 Å². The third kappa shape index (κ3) is 8.62. The van der Waals surface area contributed by atoms with Crippen LogP contribution in [0.5, 0.6) is 0 Å². The van der Waals surface area contributed by atoms with Crippen LogP contribution in [0.1, 0.15) is 24.8 Å². The maximum Gasteiger partial charge on any atom is 0.326 e. The minimum atomic E-state index is -1.11. The van der Waals surface area contributed by atoms with Crippen LogP contribution in [-0.4, -0.2) is 52.7 Å². The first-order chi connectivity index (χ1) is 12.5. The zero-order valence-corrected chi connectivity index (χ0v) is 16.5. The second-order valence-electron chi connectivity index (χ2n) is 5.80. The fourth-order valence-electron chi connectivity index (χ4n) is 2.33. The van der Waals surface area contributed by atoms with Crippen molar-refractivity contribution in [2.45, 2.75) is 37.8 Å². The predicted molar refractivity (Wildman–Crippen MR) is 108 cm³/mol. The fourth-order valence-corrected chi connectivity index (χ4v) is 3.06. The molecule has 1 rings (SSSR count). The molecule has 0 aromatic heterocycles. The van der Waals surface area contributed by atoms with E-state index in [0.717, 1.165) is 5.56 Å². The highest BCUT2D eigenvalue weighted by Crippen LogP contribution is 2.06. The number of rotatable bonds is 12. The van der Waals surface area contributed by atoms with E-state index in [-0.39, 0.29) is 18.7 Å². The van der Waals surface area contributed by atoms with Crippen LogP contribution in [0, 0.1) is 0 Å². The average Bonchev–Trinajstić information content (AvgIpc) is 2.63. The summed E-state index contributed by atoms with van der Waals surface area (Å²) in [6.07, 6.45) is 3.43. The lowest BCUT2D eigenvalue weighted by molar-refractivity contribution is -0.142. The van der Waals surface area contributed by atoms with Gasteiger partial charge in [0.15, 0.2) is 0 Å². The highest BCUT2D eigenvalue weighted by Gasteiger charge is 2.25. The highest BCUT2D eigenvalue weighted by atomic mass is 32.2. The summed E-state index contributed by atoms with van der Waals surface area (Å²) in [6.45, 7) is 0. The molecule has 2 amide bonds. The van der Waals surface area contributed by atoms with E-state index in [2.05, 4.69) is 23.3 Å². The predicted octanol–water partition coefficient (Wildman–Crippen LogP) is 1.75. The number of carbonyl (C=O) groups excluding carboxylic acids is 2. The van der Waals surface area contributed by atoms with Crippen LogP contribution < -0.4 is 10.6 Å². The van der Waals surface area contributed by atoms with Crippen molar-refractivity contribution in [1.29, 1.82) is 0 Å². The van der Waals surface area contributed by atoms with Gasteiger partial charge in [-0.25, -0.2) is 4.79 Å². The van der Waals surface area contributed by atoms with Crippen molar-refractivity contribution < 1.29 is 19.5 Å². The lowest BCUT2D eigenvalue weighted by atomic mass is 10.1. The molecule has 0 radical (unpaired) electrons. The van der Waals surface area contributed by atoms with Crippen LogP contribution in [0.15, 0.2) is 30.3 Å². The fraction of sp³-hybridized carbons (Fsp3) is 0.500. The first-order valence-corrected chi connectivity index (χ1v) is 10.5. The quantitative estimate of drug-likeness (QED) is 0.402. The van der Waals surface area contributed by atoms with Crippen molar-refractivity contribution in [2.24, 2.45) is 0 Å². The molecule has 0 bridgehead atoms. The topological polar surface area (TPSA) is 95.5 Å². The van der Waals surface area contributed by atoms with Gasteiger partial charge in [-0.2, -0.15) is 24.4 Å². The summed E-state index contributed by atoms with van der Waals surface area (Å²) in [4.78, 5) is 35.8. The number of nitrogens with one attached hydrogen (secondary N) is 2. The van der Waals surface area contributed by atoms with Crippen molar-refractivity contribution in [3.63, 3.8) is 0 Å². The standard InChI is InChI=1S/C18H26N2O4S2/c1-26-12-10-14(17(22)20-15(9-11-25)18(23)24)19-16(21)8-7-13-5-3-2-4-6-13/h2-6,14-15,25H,7-12H2,1H3,(H,19,21)(H,20,22)(H,23,24)/t14-,15+/m0/s1. The molecule has 144 valence electrons. The summed E-state index contributed by atoms with van der Waals surface area (Å²) in [5.41, 5.74) is 1.05. The molecule has 8 heteroatoms. The number of aryl methyl sites for hydroxylation is 1. The third-order valence-corrected chi connectivity index (χ3v) is 4.68. The minimum absolute atomic E-state index is 0.224. The molecule has 0 fully saturated rings. The summed E-state index contributed by atoms with van der Waals surface area (Å²) in [5.74, 6) is -0.777. The van der Waals surface area contributed by atoms with Gasteiger partial charge in [0.25, 0.3) is 0 Å². The average molecular weight is 399 g/mol. The van der Waals surface area contributed by atoms with Gasteiger partial charge in [0.05, 0.1) is 0 Å². The van der Waals surface area contributed by atoms with Crippen LogP contribution in [-0.2, 0) is 20.8 Å². The van der Waals surface area contributed by atoms with E-state index in [0.29, 0.717) is 24.3 Å². The molecule has 0 aliphatic carbocycles. The Morgan fingerprint density at radius 2 is 1.81 bits per heavy atom. The van der Waals surface area contributed by atoms with Crippen LogP contribution in [0.4, 0.5) is 0 Å². The number of hydrogen-bond acceptors (Lipinski definition) is 5. The molecule has 1 aromatic rings. The van der Waals surface area contributed by atoms with E-state index < -0.39 is 24.0 Å². The molecule has 0 aliphatic heterocycles. The van der Waals surface area contributed by atoms with Crippen molar-refractivity contribution in [3.05, 3.63) is 35.9 Å². The number of amides is 2. The summed E-state index contributed by atoms with van der Waals surface area (Å²) >= 11 is 5.58. The Balaban J connectivity index is 2.61. The highest BCUT2D eigenvalue weighted by molar-refractivity contribution is 7.98. The normalized spacial score (nSPS) is 12.8. The van der Waals surface area contributed by atoms with E-state index in [1.807, 2.05) is 36.6 Å². The van der Waals surface area contributed by atoms with Crippen molar-refractivity contribution in [2.75, 3.05) is 17.8 Å².